The monoisotopic (exact) mass is 527 g/mol. The van der Waals surface area contributed by atoms with Crippen molar-refractivity contribution in [3.63, 3.8) is 0 Å². The maximum Gasteiger partial charge on any atom is 0.336 e. The Morgan fingerprint density at radius 3 is 2.64 bits per heavy atom. The molecule has 0 spiro atoms. The normalized spacial score (nSPS) is 15.1. The molecule has 8 nitrogen and oxygen atoms in total. The standard InChI is InChI=1S/C26H26ClN3O5S/c1-16-23(26(32)35-12-11-33-2)24(19-9-4-5-10-21(19)27)20(14-28)25(29-16)36-15-22(31)30-17-7-6-8-18(13-17)34-3/h4-10,13,24,29H,11-12,15H2,1-3H3,(H,30,31)/t24-/m1/s1. The Morgan fingerprint density at radius 2 is 1.94 bits per heavy atom. The zero-order valence-electron chi connectivity index (χ0n) is 20.1. The van der Waals surface area contributed by atoms with E-state index in [1.807, 2.05) is 0 Å². The summed E-state index contributed by atoms with van der Waals surface area (Å²) in [6, 6.07) is 16.3. The van der Waals surface area contributed by atoms with E-state index in [-0.39, 0.29) is 36.0 Å². The Balaban J connectivity index is 1.88. The van der Waals surface area contributed by atoms with Gasteiger partial charge in [-0.3, -0.25) is 4.79 Å². The molecule has 0 bridgehead atoms. The van der Waals surface area contributed by atoms with E-state index in [1.54, 1.807) is 62.6 Å². The van der Waals surface area contributed by atoms with Crippen molar-refractivity contribution in [2.24, 2.45) is 0 Å². The quantitative estimate of drug-likeness (QED) is 0.340. The first-order chi connectivity index (χ1) is 17.4. The maximum absolute atomic E-state index is 13.0. The highest BCUT2D eigenvalue weighted by Crippen LogP contribution is 2.43. The second kappa shape index (κ2) is 13.0. The SMILES string of the molecule is COCCOC(=O)C1=C(C)NC(SCC(=O)Nc2cccc(OC)c2)=C(C#N)[C@H]1c1ccccc1Cl. The number of hydrogen-bond donors (Lipinski definition) is 2. The first-order valence-electron chi connectivity index (χ1n) is 11.0. The number of methoxy groups -OCH3 is 2. The van der Waals surface area contributed by atoms with Crippen molar-refractivity contribution < 1.29 is 23.8 Å². The van der Waals surface area contributed by atoms with Crippen LogP contribution in [0.25, 0.3) is 0 Å². The van der Waals surface area contributed by atoms with Crippen molar-refractivity contribution in [1.29, 1.82) is 5.26 Å². The van der Waals surface area contributed by atoms with Crippen LogP contribution in [-0.2, 0) is 19.1 Å². The van der Waals surface area contributed by atoms with Gasteiger partial charge in [0, 0.05) is 29.6 Å². The third-order valence-electron chi connectivity index (χ3n) is 5.31. The van der Waals surface area contributed by atoms with Crippen LogP contribution >= 0.6 is 23.4 Å². The number of nitriles is 1. The molecule has 1 aliphatic heterocycles. The Kier molecular flexibility index (Phi) is 9.82. The molecule has 2 N–H and O–H groups in total. The van der Waals surface area contributed by atoms with Crippen molar-refractivity contribution in [3.8, 4) is 11.8 Å². The third kappa shape index (κ3) is 6.61. The maximum atomic E-state index is 13.0. The second-order valence-electron chi connectivity index (χ2n) is 7.67. The highest BCUT2D eigenvalue weighted by Gasteiger charge is 2.36. The number of allylic oxidation sites excluding steroid dienone is 2. The number of dihydropyridines is 1. The minimum Gasteiger partial charge on any atom is -0.497 e. The smallest absolute Gasteiger partial charge is 0.336 e. The number of anilines is 1. The first kappa shape index (κ1) is 27.1. The lowest BCUT2D eigenvalue weighted by Crippen LogP contribution is -2.30. The van der Waals surface area contributed by atoms with Crippen LogP contribution in [-0.4, -0.2) is 45.1 Å². The van der Waals surface area contributed by atoms with E-state index in [9.17, 15) is 14.9 Å². The minimum atomic E-state index is -0.760. The number of carbonyl (C=O) groups excluding carboxylic acids is 2. The summed E-state index contributed by atoms with van der Waals surface area (Å²) in [6.45, 7) is 2.04. The van der Waals surface area contributed by atoms with Gasteiger partial charge in [-0.2, -0.15) is 5.26 Å². The molecule has 1 aliphatic rings. The summed E-state index contributed by atoms with van der Waals surface area (Å²) in [5, 5.41) is 16.9. The van der Waals surface area contributed by atoms with E-state index in [1.165, 1.54) is 7.11 Å². The number of rotatable bonds is 10. The molecule has 0 aliphatic carbocycles. The highest BCUT2D eigenvalue weighted by molar-refractivity contribution is 8.03. The molecule has 0 fully saturated rings. The van der Waals surface area contributed by atoms with Gasteiger partial charge in [0.05, 0.1) is 47.6 Å². The molecule has 36 heavy (non-hydrogen) atoms. The van der Waals surface area contributed by atoms with Crippen LogP contribution < -0.4 is 15.4 Å². The molecule has 0 unspecified atom stereocenters. The molecule has 0 saturated carbocycles. The topological polar surface area (TPSA) is 110 Å². The second-order valence-corrected chi connectivity index (χ2v) is 9.06. The van der Waals surface area contributed by atoms with Gasteiger partial charge in [0.1, 0.15) is 12.4 Å². The molecular formula is C26H26ClN3O5S. The lowest BCUT2D eigenvalue weighted by Gasteiger charge is -2.29. The molecule has 1 atom stereocenters. The molecule has 1 amide bonds. The summed E-state index contributed by atoms with van der Waals surface area (Å²) in [6.07, 6.45) is 0. The number of thioether (sulfide) groups is 1. The Labute approximate surface area is 219 Å². The predicted octanol–water partition coefficient (Wildman–Crippen LogP) is 4.61. The van der Waals surface area contributed by atoms with Gasteiger partial charge in [0.25, 0.3) is 0 Å². The Morgan fingerprint density at radius 1 is 1.17 bits per heavy atom. The lowest BCUT2D eigenvalue weighted by molar-refractivity contribution is -0.140. The number of esters is 1. The molecule has 0 aromatic heterocycles. The Bertz CT molecular complexity index is 1240. The van der Waals surface area contributed by atoms with Crippen LogP contribution in [0.2, 0.25) is 5.02 Å². The van der Waals surface area contributed by atoms with E-state index in [2.05, 4.69) is 16.7 Å². The summed E-state index contributed by atoms with van der Waals surface area (Å²) >= 11 is 7.65. The number of carbonyl (C=O) groups is 2. The lowest BCUT2D eigenvalue weighted by atomic mass is 9.82. The average Bonchev–Trinajstić information content (AvgIpc) is 2.87. The fourth-order valence-corrected chi connectivity index (χ4v) is 4.78. The van der Waals surface area contributed by atoms with Gasteiger partial charge in [-0.05, 0) is 30.7 Å². The molecule has 1 heterocycles. The van der Waals surface area contributed by atoms with E-state index in [0.717, 1.165) is 11.8 Å². The van der Waals surface area contributed by atoms with Gasteiger partial charge >= 0.3 is 5.97 Å². The van der Waals surface area contributed by atoms with Gasteiger partial charge in [0.15, 0.2) is 0 Å². The van der Waals surface area contributed by atoms with Crippen molar-refractivity contribution in [3.05, 3.63) is 81.0 Å². The molecule has 10 heteroatoms. The van der Waals surface area contributed by atoms with E-state index >= 15 is 0 Å². The van der Waals surface area contributed by atoms with Gasteiger partial charge in [-0.1, -0.05) is 47.6 Å². The number of nitrogens with one attached hydrogen (secondary N) is 2. The Hall–Kier alpha value is -3.45. The van der Waals surface area contributed by atoms with E-state index in [0.29, 0.717) is 32.7 Å². The number of halogens is 1. The molecule has 0 radical (unpaired) electrons. The van der Waals surface area contributed by atoms with Crippen molar-refractivity contribution in [2.45, 2.75) is 12.8 Å². The number of nitrogens with zero attached hydrogens (tertiary/aromatic N) is 1. The highest BCUT2D eigenvalue weighted by atomic mass is 35.5. The first-order valence-corrected chi connectivity index (χ1v) is 12.3. The summed E-state index contributed by atoms with van der Waals surface area (Å²) in [4.78, 5) is 25.7. The molecule has 2 aromatic carbocycles. The third-order valence-corrected chi connectivity index (χ3v) is 6.67. The van der Waals surface area contributed by atoms with Crippen molar-refractivity contribution >= 4 is 40.9 Å². The number of hydrogen-bond acceptors (Lipinski definition) is 8. The van der Waals surface area contributed by atoms with Crippen LogP contribution in [0, 0.1) is 11.3 Å². The largest absolute Gasteiger partial charge is 0.497 e. The van der Waals surface area contributed by atoms with Crippen LogP contribution in [0.15, 0.2) is 70.4 Å². The van der Waals surface area contributed by atoms with Gasteiger partial charge < -0.3 is 24.8 Å². The molecule has 188 valence electrons. The van der Waals surface area contributed by atoms with Gasteiger partial charge in [-0.25, -0.2) is 4.79 Å². The predicted molar refractivity (Wildman–Crippen MR) is 140 cm³/mol. The van der Waals surface area contributed by atoms with Gasteiger partial charge in [-0.15, -0.1) is 0 Å². The summed E-state index contributed by atoms with van der Waals surface area (Å²) < 4.78 is 15.5. The van der Waals surface area contributed by atoms with E-state index in [4.69, 9.17) is 25.8 Å². The molecule has 3 rings (SSSR count). The average molecular weight is 528 g/mol. The van der Waals surface area contributed by atoms with Crippen LogP contribution in [0.1, 0.15) is 18.4 Å². The van der Waals surface area contributed by atoms with Crippen molar-refractivity contribution in [1.82, 2.24) is 5.32 Å². The molecule has 0 saturated heterocycles. The van der Waals surface area contributed by atoms with Crippen LogP contribution in [0.5, 0.6) is 5.75 Å². The van der Waals surface area contributed by atoms with E-state index < -0.39 is 11.9 Å². The fraction of sp³-hybridized carbons (Fsp3) is 0.269. The number of ether oxygens (including phenoxy) is 3. The summed E-state index contributed by atoms with van der Waals surface area (Å²) in [5.74, 6) is -0.947. The minimum absolute atomic E-state index is 0.0286. The molecular weight excluding hydrogens is 502 g/mol. The molecule has 2 aromatic rings. The zero-order valence-corrected chi connectivity index (χ0v) is 21.7. The number of benzene rings is 2. The summed E-state index contributed by atoms with van der Waals surface area (Å²) in [5.41, 5.74) is 2.25. The van der Waals surface area contributed by atoms with Crippen molar-refractivity contribution in [2.75, 3.05) is 38.5 Å². The zero-order chi connectivity index (χ0) is 26.1. The van der Waals surface area contributed by atoms with Crippen LogP contribution in [0.3, 0.4) is 0 Å². The number of amides is 1. The summed E-state index contributed by atoms with van der Waals surface area (Å²) in [7, 11) is 3.06. The van der Waals surface area contributed by atoms with Crippen LogP contribution in [0.4, 0.5) is 5.69 Å². The fourth-order valence-electron chi connectivity index (χ4n) is 3.65. The van der Waals surface area contributed by atoms with Gasteiger partial charge in [0.2, 0.25) is 5.91 Å².